The van der Waals surface area contributed by atoms with Crippen LogP contribution in [0.2, 0.25) is 0 Å². The molecule has 1 atom stereocenters. The second-order valence-electron chi connectivity index (χ2n) is 8.47. The fraction of sp³-hybridized carbons (Fsp3) is 0.185. The zero-order valence-electron chi connectivity index (χ0n) is 20.2. The average molecular weight is 483 g/mol. The number of carbonyl (C=O) groups is 1. The number of allylic oxidation sites excluding steroid dienone is 1. The van der Waals surface area contributed by atoms with E-state index in [9.17, 15) is 4.79 Å². The third-order valence-electron chi connectivity index (χ3n) is 6.09. The van der Waals surface area contributed by atoms with Crippen LogP contribution in [-0.4, -0.2) is 33.2 Å². The number of rotatable bonds is 7. The van der Waals surface area contributed by atoms with Gasteiger partial charge in [-0.2, -0.15) is 4.68 Å². The van der Waals surface area contributed by atoms with E-state index in [0.29, 0.717) is 35.3 Å². The summed E-state index contributed by atoms with van der Waals surface area (Å²) in [5.74, 6) is 1.35. The SMILES string of the molecule is COc1cc(C2C(C(=O)Nc3ccccc3C)=C(C)Nc3nnnn32)ccc1OCc1ccccc1. The fourth-order valence-electron chi connectivity index (χ4n) is 4.23. The molecule has 3 aromatic carbocycles. The minimum Gasteiger partial charge on any atom is -0.493 e. The van der Waals surface area contributed by atoms with Crippen LogP contribution in [0.4, 0.5) is 11.6 Å². The Morgan fingerprint density at radius 2 is 1.81 bits per heavy atom. The van der Waals surface area contributed by atoms with Crippen LogP contribution in [0.25, 0.3) is 0 Å². The molecule has 1 aromatic heterocycles. The summed E-state index contributed by atoms with van der Waals surface area (Å²) in [5, 5.41) is 18.2. The molecule has 1 aliphatic rings. The highest BCUT2D eigenvalue weighted by Gasteiger charge is 2.34. The van der Waals surface area contributed by atoms with Crippen LogP contribution in [0, 0.1) is 6.92 Å². The zero-order valence-corrected chi connectivity index (χ0v) is 20.2. The molecule has 0 aliphatic carbocycles. The van der Waals surface area contributed by atoms with E-state index in [2.05, 4.69) is 26.2 Å². The summed E-state index contributed by atoms with van der Waals surface area (Å²) in [4.78, 5) is 13.6. The van der Waals surface area contributed by atoms with Gasteiger partial charge in [0, 0.05) is 11.4 Å². The highest BCUT2D eigenvalue weighted by atomic mass is 16.5. The second-order valence-corrected chi connectivity index (χ2v) is 8.47. The third-order valence-corrected chi connectivity index (χ3v) is 6.09. The number of aromatic nitrogens is 4. The van der Waals surface area contributed by atoms with Gasteiger partial charge in [-0.1, -0.05) is 59.7 Å². The summed E-state index contributed by atoms with van der Waals surface area (Å²) >= 11 is 0. The zero-order chi connectivity index (χ0) is 25.1. The monoisotopic (exact) mass is 482 g/mol. The van der Waals surface area contributed by atoms with Crippen molar-refractivity contribution in [2.45, 2.75) is 26.5 Å². The number of ether oxygens (including phenoxy) is 2. The van der Waals surface area contributed by atoms with Crippen LogP contribution in [0.1, 0.15) is 29.7 Å². The lowest BCUT2D eigenvalue weighted by atomic mass is 9.94. The Morgan fingerprint density at radius 3 is 2.58 bits per heavy atom. The van der Waals surface area contributed by atoms with Crippen molar-refractivity contribution in [2.75, 3.05) is 17.7 Å². The Hall–Kier alpha value is -4.66. The van der Waals surface area contributed by atoms with E-state index in [1.165, 1.54) is 0 Å². The van der Waals surface area contributed by atoms with Gasteiger partial charge in [-0.25, -0.2) is 0 Å². The summed E-state index contributed by atoms with van der Waals surface area (Å²) < 4.78 is 13.3. The van der Waals surface area contributed by atoms with Gasteiger partial charge in [0.25, 0.3) is 5.91 Å². The number of methoxy groups -OCH3 is 1. The maximum absolute atomic E-state index is 13.6. The van der Waals surface area contributed by atoms with Gasteiger partial charge in [0.15, 0.2) is 11.5 Å². The molecular weight excluding hydrogens is 456 g/mol. The largest absolute Gasteiger partial charge is 0.493 e. The molecular formula is C27H26N6O3. The first kappa shape index (κ1) is 23.1. The van der Waals surface area contributed by atoms with Gasteiger partial charge in [0.1, 0.15) is 12.6 Å². The quantitative estimate of drug-likeness (QED) is 0.400. The predicted octanol–water partition coefficient (Wildman–Crippen LogP) is 4.50. The van der Waals surface area contributed by atoms with Crippen LogP contribution < -0.4 is 20.1 Å². The highest BCUT2D eigenvalue weighted by Crippen LogP contribution is 2.39. The molecule has 0 radical (unpaired) electrons. The number of nitrogens with zero attached hydrogens (tertiary/aromatic N) is 4. The van der Waals surface area contributed by atoms with Gasteiger partial charge in [0.05, 0.1) is 12.7 Å². The molecule has 182 valence electrons. The molecule has 1 amide bonds. The minimum absolute atomic E-state index is 0.246. The molecule has 0 saturated heterocycles. The van der Waals surface area contributed by atoms with E-state index in [4.69, 9.17) is 9.47 Å². The van der Waals surface area contributed by atoms with Gasteiger partial charge in [-0.05, 0) is 59.2 Å². The lowest BCUT2D eigenvalue weighted by molar-refractivity contribution is -0.113. The second kappa shape index (κ2) is 9.91. The summed E-state index contributed by atoms with van der Waals surface area (Å²) in [7, 11) is 1.59. The van der Waals surface area contributed by atoms with Crippen LogP contribution >= 0.6 is 0 Å². The van der Waals surface area contributed by atoms with E-state index in [-0.39, 0.29) is 5.91 Å². The van der Waals surface area contributed by atoms with E-state index in [1.807, 2.05) is 86.6 Å². The van der Waals surface area contributed by atoms with Crippen molar-refractivity contribution in [1.29, 1.82) is 0 Å². The molecule has 0 spiro atoms. The Kier molecular flexibility index (Phi) is 6.36. The number of hydrogen-bond acceptors (Lipinski definition) is 7. The summed E-state index contributed by atoms with van der Waals surface area (Å²) in [6.07, 6.45) is 0. The summed E-state index contributed by atoms with van der Waals surface area (Å²) in [6, 6.07) is 22.6. The van der Waals surface area contributed by atoms with Crippen molar-refractivity contribution in [3.05, 3.63) is 101 Å². The molecule has 0 bridgehead atoms. The lowest BCUT2D eigenvalue weighted by Crippen LogP contribution is -2.31. The van der Waals surface area contributed by atoms with Crippen LogP contribution in [-0.2, 0) is 11.4 Å². The predicted molar refractivity (Wildman–Crippen MR) is 136 cm³/mol. The van der Waals surface area contributed by atoms with E-state index < -0.39 is 6.04 Å². The van der Waals surface area contributed by atoms with Crippen molar-refractivity contribution in [2.24, 2.45) is 0 Å². The number of carbonyl (C=O) groups excluding carboxylic acids is 1. The maximum Gasteiger partial charge on any atom is 0.255 e. The number of benzene rings is 3. The first-order chi connectivity index (χ1) is 17.5. The summed E-state index contributed by atoms with van der Waals surface area (Å²) in [6.45, 7) is 4.20. The number of aryl methyl sites for hydroxylation is 1. The molecule has 4 aromatic rings. The first-order valence-corrected chi connectivity index (χ1v) is 11.5. The molecule has 1 unspecified atom stereocenters. The standard InChI is InChI=1S/C27H26N6O3/c1-17-9-7-8-12-21(17)29-26(34)24-18(2)28-27-30-31-32-33(27)25(24)20-13-14-22(23(15-20)35-3)36-16-19-10-5-4-6-11-19/h4-15,25H,16H2,1-3H3,(H,29,34)(H,28,30,32). The number of fused-ring (bicyclic) bond motifs is 1. The van der Waals surface area contributed by atoms with Crippen molar-refractivity contribution < 1.29 is 14.3 Å². The Labute approximate surface area is 208 Å². The number of amides is 1. The van der Waals surface area contributed by atoms with Gasteiger partial charge in [-0.15, -0.1) is 0 Å². The van der Waals surface area contributed by atoms with Gasteiger partial charge < -0.3 is 20.1 Å². The first-order valence-electron chi connectivity index (χ1n) is 11.5. The van der Waals surface area contributed by atoms with E-state index in [0.717, 1.165) is 22.4 Å². The van der Waals surface area contributed by atoms with Crippen molar-refractivity contribution in [1.82, 2.24) is 20.2 Å². The van der Waals surface area contributed by atoms with E-state index in [1.54, 1.807) is 11.8 Å². The third kappa shape index (κ3) is 4.50. The van der Waals surface area contributed by atoms with Gasteiger partial charge >= 0.3 is 0 Å². The molecule has 0 fully saturated rings. The topological polar surface area (TPSA) is 103 Å². The Bertz CT molecular complexity index is 1430. The number of anilines is 2. The molecule has 1 aliphatic heterocycles. The average Bonchev–Trinajstić information content (AvgIpc) is 3.36. The molecule has 36 heavy (non-hydrogen) atoms. The van der Waals surface area contributed by atoms with Crippen molar-refractivity contribution >= 4 is 17.5 Å². The molecule has 2 N–H and O–H groups in total. The van der Waals surface area contributed by atoms with Crippen molar-refractivity contribution in [3.8, 4) is 11.5 Å². The Balaban J connectivity index is 1.49. The number of nitrogens with one attached hydrogen (secondary N) is 2. The van der Waals surface area contributed by atoms with Gasteiger partial charge in [0.2, 0.25) is 5.95 Å². The lowest BCUT2D eigenvalue weighted by Gasteiger charge is -2.28. The highest BCUT2D eigenvalue weighted by molar-refractivity contribution is 6.06. The van der Waals surface area contributed by atoms with Crippen molar-refractivity contribution in [3.63, 3.8) is 0 Å². The van der Waals surface area contributed by atoms with E-state index >= 15 is 0 Å². The number of tetrazole rings is 1. The maximum atomic E-state index is 13.6. The van der Waals surface area contributed by atoms with Crippen LogP contribution in [0.15, 0.2) is 84.1 Å². The molecule has 9 nitrogen and oxygen atoms in total. The Morgan fingerprint density at radius 1 is 1.03 bits per heavy atom. The molecule has 2 heterocycles. The fourth-order valence-corrected chi connectivity index (χ4v) is 4.23. The number of para-hydroxylation sites is 1. The normalized spacial score (nSPS) is 14.6. The minimum atomic E-state index is -0.572. The van der Waals surface area contributed by atoms with Crippen LogP contribution in [0.3, 0.4) is 0 Å². The van der Waals surface area contributed by atoms with Crippen LogP contribution in [0.5, 0.6) is 11.5 Å². The van der Waals surface area contributed by atoms with Gasteiger partial charge in [-0.3, -0.25) is 4.79 Å². The number of hydrogen-bond donors (Lipinski definition) is 2. The smallest absolute Gasteiger partial charge is 0.255 e. The molecule has 5 rings (SSSR count). The summed E-state index contributed by atoms with van der Waals surface area (Å²) in [5.41, 5.74) is 4.70. The molecule has 9 heteroatoms. The molecule has 0 saturated carbocycles.